The Labute approximate surface area is 105 Å². The fourth-order valence-corrected chi connectivity index (χ4v) is 2.34. The highest BCUT2D eigenvalue weighted by molar-refractivity contribution is 5.78. The van der Waals surface area contributed by atoms with Crippen molar-refractivity contribution in [2.24, 2.45) is 0 Å². The Bertz CT molecular complexity index is 581. The van der Waals surface area contributed by atoms with Crippen molar-refractivity contribution in [3.05, 3.63) is 47.5 Å². The second-order valence-corrected chi connectivity index (χ2v) is 4.30. The first-order valence-electron chi connectivity index (χ1n) is 5.97. The molecule has 1 aliphatic rings. The van der Waals surface area contributed by atoms with E-state index in [0.29, 0.717) is 5.69 Å². The third-order valence-electron chi connectivity index (χ3n) is 3.19. The highest BCUT2D eigenvalue weighted by atomic mass is 16.1. The van der Waals surface area contributed by atoms with E-state index >= 15 is 0 Å². The van der Waals surface area contributed by atoms with Crippen LogP contribution in [0.5, 0.6) is 0 Å². The standard InChI is InChI=1S/C14H13N3O/c18-9-11-7-13(10-1-4-15-5-2-10)12-3-6-16-8-14(12)17-11/h1-2,4-5,7,9,16H,3,6,8H2. The molecule has 0 atom stereocenters. The van der Waals surface area contributed by atoms with Crippen LogP contribution in [0.25, 0.3) is 11.1 Å². The summed E-state index contributed by atoms with van der Waals surface area (Å²) in [4.78, 5) is 19.4. The number of fused-ring (bicyclic) bond motifs is 1. The number of hydrogen-bond acceptors (Lipinski definition) is 4. The van der Waals surface area contributed by atoms with E-state index in [1.807, 2.05) is 18.2 Å². The number of carbonyl (C=O) groups excluding carboxylic acids is 1. The Balaban J connectivity index is 2.21. The van der Waals surface area contributed by atoms with Crippen LogP contribution < -0.4 is 5.32 Å². The molecule has 0 saturated heterocycles. The third kappa shape index (κ3) is 1.91. The van der Waals surface area contributed by atoms with Gasteiger partial charge in [-0.3, -0.25) is 9.78 Å². The van der Waals surface area contributed by atoms with Crippen LogP contribution >= 0.6 is 0 Å². The molecule has 2 aromatic rings. The molecular weight excluding hydrogens is 226 g/mol. The Morgan fingerprint density at radius 1 is 1.28 bits per heavy atom. The molecule has 1 N–H and O–H groups in total. The minimum atomic E-state index is 0.490. The van der Waals surface area contributed by atoms with E-state index in [1.54, 1.807) is 12.4 Å². The molecule has 0 unspecified atom stereocenters. The molecule has 3 rings (SSSR count). The zero-order chi connectivity index (χ0) is 12.4. The number of carbonyl (C=O) groups is 1. The maximum atomic E-state index is 11.0. The monoisotopic (exact) mass is 239 g/mol. The molecule has 0 amide bonds. The van der Waals surface area contributed by atoms with Gasteiger partial charge in [-0.05, 0) is 47.9 Å². The zero-order valence-corrected chi connectivity index (χ0v) is 9.89. The van der Waals surface area contributed by atoms with Gasteiger partial charge in [0.05, 0.1) is 5.69 Å². The molecule has 0 saturated carbocycles. The fraction of sp³-hybridized carbons (Fsp3) is 0.214. The Kier molecular flexibility index (Phi) is 2.86. The average molecular weight is 239 g/mol. The Hall–Kier alpha value is -2.07. The molecule has 0 fully saturated rings. The van der Waals surface area contributed by atoms with Gasteiger partial charge in [0.25, 0.3) is 0 Å². The van der Waals surface area contributed by atoms with Crippen molar-refractivity contribution in [2.45, 2.75) is 13.0 Å². The van der Waals surface area contributed by atoms with Gasteiger partial charge in [0.1, 0.15) is 5.69 Å². The lowest BCUT2D eigenvalue weighted by Gasteiger charge is -2.20. The highest BCUT2D eigenvalue weighted by Gasteiger charge is 2.16. The molecule has 3 heterocycles. The maximum absolute atomic E-state index is 11.0. The van der Waals surface area contributed by atoms with Crippen LogP contribution in [-0.4, -0.2) is 22.8 Å². The van der Waals surface area contributed by atoms with Gasteiger partial charge in [-0.25, -0.2) is 4.98 Å². The van der Waals surface area contributed by atoms with E-state index in [1.165, 1.54) is 5.56 Å². The van der Waals surface area contributed by atoms with Crippen molar-refractivity contribution in [1.29, 1.82) is 0 Å². The highest BCUT2D eigenvalue weighted by Crippen LogP contribution is 2.27. The van der Waals surface area contributed by atoms with E-state index in [2.05, 4.69) is 15.3 Å². The number of nitrogens with zero attached hydrogens (tertiary/aromatic N) is 2. The summed E-state index contributed by atoms with van der Waals surface area (Å²) in [6, 6.07) is 5.80. The summed E-state index contributed by atoms with van der Waals surface area (Å²) in [5.74, 6) is 0. The smallest absolute Gasteiger partial charge is 0.168 e. The van der Waals surface area contributed by atoms with E-state index in [-0.39, 0.29) is 0 Å². The van der Waals surface area contributed by atoms with Crippen molar-refractivity contribution in [3.8, 4) is 11.1 Å². The molecule has 0 aliphatic carbocycles. The number of aldehydes is 1. The van der Waals surface area contributed by atoms with Crippen molar-refractivity contribution < 1.29 is 4.79 Å². The molecular formula is C14H13N3O. The maximum Gasteiger partial charge on any atom is 0.168 e. The van der Waals surface area contributed by atoms with Crippen LogP contribution in [0.15, 0.2) is 30.6 Å². The van der Waals surface area contributed by atoms with Crippen molar-refractivity contribution in [2.75, 3.05) is 6.54 Å². The largest absolute Gasteiger partial charge is 0.311 e. The van der Waals surface area contributed by atoms with Gasteiger partial charge in [-0.2, -0.15) is 0 Å². The number of aromatic nitrogens is 2. The zero-order valence-electron chi connectivity index (χ0n) is 9.89. The number of nitrogens with one attached hydrogen (secondary N) is 1. The molecule has 1 aliphatic heterocycles. The first-order chi connectivity index (χ1) is 8.88. The summed E-state index contributed by atoms with van der Waals surface area (Å²) < 4.78 is 0. The van der Waals surface area contributed by atoms with Crippen LogP contribution in [0.2, 0.25) is 0 Å². The van der Waals surface area contributed by atoms with Gasteiger partial charge in [-0.15, -0.1) is 0 Å². The quantitative estimate of drug-likeness (QED) is 0.809. The summed E-state index contributed by atoms with van der Waals surface area (Å²) in [5, 5.41) is 3.28. The van der Waals surface area contributed by atoms with E-state index < -0.39 is 0 Å². The van der Waals surface area contributed by atoms with Gasteiger partial charge in [0, 0.05) is 18.9 Å². The van der Waals surface area contributed by atoms with E-state index in [0.717, 1.165) is 42.6 Å². The topological polar surface area (TPSA) is 54.9 Å². The average Bonchev–Trinajstić information content (AvgIpc) is 2.47. The summed E-state index contributed by atoms with van der Waals surface area (Å²) in [7, 11) is 0. The molecule has 90 valence electrons. The van der Waals surface area contributed by atoms with Crippen LogP contribution in [0.1, 0.15) is 21.7 Å². The minimum absolute atomic E-state index is 0.490. The van der Waals surface area contributed by atoms with Crippen molar-refractivity contribution in [1.82, 2.24) is 15.3 Å². The molecule has 2 aromatic heterocycles. The molecule has 4 nitrogen and oxygen atoms in total. The molecule has 0 aromatic carbocycles. The Morgan fingerprint density at radius 2 is 2.11 bits per heavy atom. The van der Waals surface area contributed by atoms with Crippen LogP contribution in [0.4, 0.5) is 0 Å². The second kappa shape index (κ2) is 4.66. The van der Waals surface area contributed by atoms with Gasteiger partial charge in [0.2, 0.25) is 0 Å². The summed E-state index contributed by atoms with van der Waals surface area (Å²) in [6.45, 7) is 1.68. The first kappa shape index (κ1) is 11.0. The summed E-state index contributed by atoms with van der Waals surface area (Å²) in [6.07, 6.45) is 5.28. The second-order valence-electron chi connectivity index (χ2n) is 4.30. The minimum Gasteiger partial charge on any atom is -0.311 e. The molecule has 18 heavy (non-hydrogen) atoms. The predicted octanol–water partition coefficient (Wildman–Crippen LogP) is 1.60. The lowest BCUT2D eigenvalue weighted by Crippen LogP contribution is -2.25. The Morgan fingerprint density at radius 3 is 2.89 bits per heavy atom. The van der Waals surface area contributed by atoms with E-state index in [4.69, 9.17) is 0 Å². The van der Waals surface area contributed by atoms with Crippen LogP contribution in [0, 0.1) is 0 Å². The first-order valence-corrected chi connectivity index (χ1v) is 5.97. The molecule has 0 spiro atoms. The van der Waals surface area contributed by atoms with Gasteiger partial charge in [0.15, 0.2) is 6.29 Å². The van der Waals surface area contributed by atoms with Crippen LogP contribution in [-0.2, 0) is 13.0 Å². The number of pyridine rings is 2. The fourth-order valence-electron chi connectivity index (χ4n) is 2.34. The number of hydrogen-bond donors (Lipinski definition) is 1. The predicted molar refractivity (Wildman–Crippen MR) is 68.3 cm³/mol. The summed E-state index contributed by atoms with van der Waals surface area (Å²) >= 11 is 0. The van der Waals surface area contributed by atoms with E-state index in [9.17, 15) is 4.79 Å². The van der Waals surface area contributed by atoms with Gasteiger partial charge in [-0.1, -0.05) is 0 Å². The molecule has 4 heteroatoms. The lowest BCUT2D eigenvalue weighted by molar-refractivity contribution is 0.111. The van der Waals surface area contributed by atoms with Crippen LogP contribution in [0.3, 0.4) is 0 Å². The number of rotatable bonds is 2. The van der Waals surface area contributed by atoms with Crippen molar-refractivity contribution in [3.63, 3.8) is 0 Å². The van der Waals surface area contributed by atoms with Gasteiger partial charge < -0.3 is 5.32 Å². The molecule has 0 radical (unpaired) electrons. The van der Waals surface area contributed by atoms with Crippen molar-refractivity contribution >= 4 is 6.29 Å². The lowest BCUT2D eigenvalue weighted by atomic mass is 9.94. The summed E-state index contributed by atoms with van der Waals surface area (Å²) in [5.41, 5.74) is 4.91. The SMILES string of the molecule is O=Cc1cc(-c2ccncc2)c2c(n1)CNCC2. The van der Waals surface area contributed by atoms with Gasteiger partial charge >= 0.3 is 0 Å². The third-order valence-corrected chi connectivity index (χ3v) is 3.19. The molecule has 0 bridgehead atoms. The normalized spacial score (nSPS) is 14.0.